The molecule has 196 valence electrons. The van der Waals surface area contributed by atoms with Crippen molar-refractivity contribution in [3.05, 3.63) is 25.2 Å². The van der Waals surface area contributed by atoms with Crippen LogP contribution in [0.5, 0.6) is 0 Å². The van der Waals surface area contributed by atoms with Gasteiger partial charge in [-0.25, -0.2) is 0 Å². The van der Waals surface area contributed by atoms with Crippen molar-refractivity contribution < 1.29 is 47.4 Å². The van der Waals surface area contributed by atoms with Crippen LogP contribution in [0.3, 0.4) is 0 Å². The van der Waals surface area contributed by atoms with Crippen molar-refractivity contribution in [1.82, 2.24) is 0 Å². The van der Waals surface area contributed by atoms with E-state index in [0.29, 0.717) is 119 Å². The Morgan fingerprint density at radius 2 is 0.636 bits per heavy atom. The second-order valence-electron chi connectivity index (χ2n) is 6.28. The average Bonchev–Trinajstić information content (AvgIpc) is 2.83. The van der Waals surface area contributed by atoms with E-state index in [0.717, 1.165) is 0 Å². The first-order valence-electron chi connectivity index (χ1n) is 11.5. The van der Waals surface area contributed by atoms with Crippen molar-refractivity contribution in [3.63, 3.8) is 0 Å². The number of rotatable bonds is 29. The zero-order valence-corrected chi connectivity index (χ0v) is 20.2. The van der Waals surface area contributed by atoms with Crippen LogP contribution in [-0.2, 0) is 47.4 Å². The molecule has 0 bridgehead atoms. The highest BCUT2D eigenvalue weighted by atomic mass is 16.6. The van der Waals surface area contributed by atoms with Crippen LogP contribution < -0.4 is 0 Å². The Balaban J connectivity index is 3.01. The van der Waals surface area contributed by atoms with E-state index in [-0.39, 0.29) is 0 Å². The fraction of sp³-hybridized carbons (Fsp3) is 0.826. The standard InChI is InChI=1S/C23H44O10/c1-3-5-25-8-9-27-12-13-29-16-17-31-20-21-33-23-22-32-19-18-30-15-14-28-11-10-26-7-6-24-4-2/h3-5H,2,6-23H2,1H3. The number of hydrogen-bond acceptors (Lipinski definition) is 10. The average molecular weight is 481 g/mol. The Bertz CT molecular complexity index is 395. The Hall–Kier alpha value is -1.24. The normalized spacial score (nSPS) is 11.3. The van der Waals surface area contributed by atoms with Crippen LogP contribution in [0.25, 0.3) is 0 Å². The fourth-order valence-corrected chi connectivity index (χ4v) is 2.10. The van der Waals surface area contributed by atoms with Gasteiger partial charge in [0.05, 0.1) is 118 Å². The third-order valence-electron chi connectivity index (χ3n) is 3.65. The third kappa shape index (κ3) is 30.8. The van der Waals surface area contributed by atoms with E-state index in [1.807, 2.05) is 13.0 Å². The molecule has 0 aliphatic heterocycles. The topological polar surface area (TPSA) is 92.3 Å². The summed E-state index contributed by atoms with van der Waals surface area (Å²) in [4.78, 5) is 0. The van der Waals surface area contributed by atoms with Crippen LogP contribution in [0, 0.1) is 0 Å². The molecule has 0 aliphatic carbocycles. The lowest BCUT2D eigenvalue weighted by Gasteiger charge is -2.08. The van der Waals surface area contributed by atoms with Gasteiger partial charge in [-0.15, -0.1) is 0 Å². The van der Waals surface area contributed by atoms with Gasteiger partial charge in [0.15, 0.2) is 0 Å². The van der Waals surface area contributed by atoms with Crippen molar-refractivity contribution in [2.24, 2.45) is 0 Å². The molecule has 0 radical (unpaired) electrons. The fourth-order valence-electron chi connectivity index (χ4n) is 2.10. The van der Waals surface area contributed by atoms with Gasteiger partial charge in [-0.05, 0) is 6.92 Å². The molecule has 0 amide bonds. The molecule has 0 aromatic rings. The lowest BCUT2D eigenvalue weighted by molar-refractivity contribution is -0.0246. The molecule has 0 aromatic carbocycles. The van der Waals surface area contributed by atoms with E-state index in [2.05, 4.69) is 6.58 Å². The summed E-state index contributed by atoms with van der Waals surface area (Å²) in [7, 11) is 0. The van der Waals surface area contributed by atoms with Crippen LogP contribution in [-0.4, -0.2) is 119 Å². The summed E-state index contributed by atoms with van der Waals surface area (Å²) in [6, 6.07) is 0. The smallest absolute Gasteiger partial charge is 0.111 e. The molecule has 0 unspecified atom stereocenters. The predicted octanol–water partition coefficient (Wildman–Crippen LogP) is 1.83. The molecular weight excluding hydrogens is 436 g/mol. The molecule has 0 spiro atoms. The van der Waals surface area contributed by atoms with Gasteiger partial charge in [0.25, 0.3) is 0 Å². The third-order valence-corrected chi connectivity index (χ3v) is 3.65. The van der Waals surface area contributed by atoms with E-state index in [9.17, 15) is 0 Å². The summed E-state index contributed by atoms with van der Waals surface area (Å²) in [6.45, 7) is 14.9. The van der Waals surface area contributed by atoms with Gasteiger partial charge in [0, 0.05) is 0 Å². The highest BCUT2D eigenvalue weighted by molar-refractivity contribution is 4.64. The van der Waals surface area contributed by atoms with Gasteiger partial charge in [-0.1, -0.05) is 12.7 Å². The highest BCUT2D eigenvalue weighted by Crippen LogP contribution is 1.86. The lowest BCUT2D eigenvalue weighted by atomic mass is 10.6. The molecule has 0 saturated heterocycles. The lowest BCUT2D eigenvalue weighted by Crippen LogP contribution is -2.15. The van der Waals surface area contributed by atoms with Gasteiger partial charge in [0.2, 0.25) is 0 Å². The molecule has 0 fully saturated rings. The van der Waals surface area contributed by atoms with Crippen molar-refractivity contribution in [2.45, 2.75) is 6.92 Å². The maximum atomic E-state index is 5.43. The molecule has 10 nitrogen and oxygen atoms in total. The molecule has 10 heteroatoms. The van der Waals surface area contributed by atoms with E-state index in [1.165, 1.54) is 6.26 Å². The Kier molecular flexibility index (Phi) is 29.6. The van der Waals surface area contributed by atoms with Gasteiger partial charge >= 0.3 is 0 Å². The second-order valence-corrected chi connectivity index (χ2v) is 6.28. The highest BCUT2D eigenvalue weighted by Gasteiger charge is 1.95. The first kappa shape index (κ1) is 31.8. The number of allylic oxidation sites excluding steroid dienone is 1. The summed E-state index contributed by atoms with van der Waals surface area (Å²) >= 11 is 0. The zero-order valence-electron chi connectivity index (χ0n) is 20.2. The van der Waals surface area contributed by atoms with Crippen molar-refractivity contribution in [2.75, 3.05) is 119 Å². The minimum atomic E-state index is 0.507. The van der Waals surface area contributed by atoms with Crippen LogP contribution in [0.4, 0.5) is 0 Å². The van der Waals surface area contributed by atoms with E-state index < -0.39 is 0 Å². The second kappa shape index (κ2) is 30.8. The molecular formula is C23H44O10. The van der Waals surface area contributed by atoms with Crippen molar-refractivity contribution in [1.29, 1.82) is 0 Å². The number of ether oxygens (including phenoxy) is 10. The van der Waals surface area contributed by atoms with Crippen LogP contribution >= 0.6 is 0 Å². The summed E-state index contributed by atoms with van der Waals surface area (Å²) < 4.78 is 53.2. The van der Waals surface area contributed by atoms with Gasteiger partial charge in [-0.2, -0.15) is 0 Å². The Morgan fingerprint density at radius 1 is 0.394 bits per heavy atom. The molecule has 0 heterocycles. The van der Waals surface area contributed by atoms with Crippen molar-refractivity contribution in [3.8, 4) is 0 Å². The van der Waals surface area contributed by atoms with E-state index >= 15 is 0 Å². The summed E-state index contributed by atoms with van der Waals surface area (Å²) in [5, 5.41) is 0. The van der Waals surface area contributed by atoms with Gasteiger partial charge in [0.1, 0.15) is 13.2 Å². The molecule has 33 heavy (non-hydrogen) atoms. The van der Waals surface area contributed by atoms with E-state index in [4.69, 9.17) is 47.4 Å². The minimum absolute atomic E-state index is 0.507. The van der Waals surface area contributed by atoms with Gasteiger partial charge in [-0.3, -0.25) is 0 Å². The maximum Gasteiger partial charge on any atom is 0.111 e. The van der Waals surface area contributed by atoms with Crippen LogP contribution in [0.2, 0.25) is 0 Å². The Labute approximate surface area is 199 Å². The molecule has 0 rings (SSSR count). The van der Waals surface area contributed by atoms with Crippen molar-refractivity contribution >= 4 is 0 Å². The van der Waals surface area contributed by atoms with Crippen LogP contribution in [0.15, 0.2) is 25.2 Å². The molecule has 0 aromatic heterocycles. The maximum absolute atomic E-state index is 5.43. The SMILES string of the molecule is C=COCCOCCOCCOCCOCCOCCOCCOCCOCCOC=CC. The first-order valence-corrected chi connectivity index (χ1v) is 11.5. The predicted molar refractivity (Wildman–Crippen MR) is 123 cm³/mol. The van der Waals surface area contributed by atoms with E-state index in [1.54, 1.807) is 6.26 Å². The van der Waals surface area contributed by atoms with Gasteiger partial charge < -0.3 is 47.4 Å². The summed E-state index contributed by atoms with van der Waals surface area (Å²) in [6.07, 6.45) is 4.88. The summed E-state index contributed by atoms with van der Waals surface area (Å²) in [5.74, 6) is 0. The molecule has 0 saturated carbocycles. The largest absolute Gasteiger partial charge is 0.499 e. The quantitative estimate of drug-likeness (QED) is 0.117. The zero-order chi connectivity index (χ0) is 23.9. The minimum Gasteiger partial charge on any atom is -0.499 e. The Morgan fingerprint density at radius 3 is 0.879 bits per heavy atom. The van der Waals surface area contributed by atoms with Crippen LogP contribution in [0.1, 0.15) is 6.92 Å². The molecule has 0 N–H and O–H groups in total. The molecule has 0 aliphatic rings. The monoisotopic (exact) mass is 480 g/mol. The molecule has 0 atom stereocenters. The summed E-state index contributed by atoms with van der Waals surface area (Å²) in [5.41, 5.74) is 0. The number of hydrogen-bond donors (Lipinski definition) is 0. The first-order chi connectivity index (χ1) is 16.4.